The van der Waals surface area contributed by atoms with Crippen molar-refractivity contribution in [2.45, 2.75) is 33.1 Å². The first-order chi connectivity index (χ1) is 13.0. The number of carbonyl (C=O) groups is 1. The number of rotatable bonds is 3. The molecule has 5 nitrogen and oxygen atoms in total. The van der Waals surface area contributed by atoms with Gasteiger partial charge in [0.15, 0.2) is 5.69 Å². The molecule has 0 spiro atoms. The molecule has 2 aromatic carbocycles. The Hall–Kier alpha value is -2.63. The van der Waals surface area contributed by atoms with Crippen molar-refractivity contribution in [1.82, 2.24) is 9.78 Å². The minimum absolute atomic E-state index is 0.106. The SMILES string of the molecule is Cc1ccc(NC(=O)c2cc3n(n2)CC(c2ccc(Cl)cc2)OC3)cc1C. The number of nitrogens with one attached hydrogen (secondary N) is 1. The summed E-state index contributed by atoms with van der Waals surface area (Å²) in [7, 11) is 0. The van der Waals surface area contributed by atoms with Gasteiger partial charge in [-0.05, 0) is 60.9 Å². The van der Waals surface area contributed by atoms with Crippen LogP contribution in [0, 0.1) is 13.8 Å². The molecule has 1 unspecified atom stereocenters. The number of anilines is 1. The second-order valence-electron chi connectivity index (χ2n) is 6.81. The van der Waals surface area contributed by atoms with Crippen LogP contribution in [0.2, 0.25) is 5.02 Å². The van der Waals surface area contributed by atoms with Gasteiger partial charge in [-0.2, -0.15) is 5.10 Å². The van der Waals surface area contributed by atoms with Gasteiger partial charge < -0.3 is 10.1 Å². The summed E-state index contributed by atoms with van der Waals surface area (Å²) in [5, 5.41) is 8.09. The Balaban J connectivity index is 1.50. The van der Waals surface area contributed by atoms with E-state index >= 15 is 0 Å². The third kappa shape index (κ3) is 3.75. The van der Waals surface area contributed by atoms with Gasteiger partial charge in [0.1, 0.15) is 6.10 Å². The summed E-state index contributed by atoms with van der Waals surface area (Å²) in [4.78, 5) is 12.6. The molecular formula is C21H20ClN3O2. The fraction of sp³-hybridized carbons (Fsp3) is 0.238. The first-order valence-corrected chi connectivity index (χ1v) is 9.20. The lowest BCUT2D eigenvalue weighted by atomic mass is 10.1. The van der Waals surface area contributed by atoms with Crippen LogP contribution in [0.15, 0.2) is 48.5 Å². The summed E-state index contributed by atoms with van der Waals surface area (Å²) in [5.41, 5.74) is 5.42. The number of ether oxygens (including phenoxy) is 1. The summed E-state index contributed by atoms with van der Waals surface area (Å²) in [6.45, 7) is 5.04. The van der Waals surface area contributed by atoms with Crippen LogP contribution in [0.3, 0.4) is 0 Å². The Kier molecular flexibility index (Phi) is 4.72. The molecule has 2 heterocycles. The molecule has 0 saturated carbocycles. The van der Waals surface area contributed by atoms with E-state index in [2.05, 4.69) is 10.4 Å². The molecule has 1 aliphatic rings. The lowest BCUT2D eigenvalue weighted by Gasteiger charge is -2.24. The van der Waals surface area contributed by atoms with Crippen LogP contribution in [0.4, 0.5) is 5.69 Å². The van der Waals surface area contributed by atoms with Crippen LogP contribution in [-0.4, -0.2) is 15.7 Å². The smallest absolute Gasteiger partial charge is 0.276 e. The topological polar surface area (TPSA) is 56.2 Å². The quantitative estimate of drug-likeness (QED) is 0.716. The number of benzene rings is 2. The zero-order chi connectivity index (χ0) is 19.0. The van der Waals surface area contributed by atoms with Crippen LogP contribution >= 0.6 is 11.6 Å². The summed E-state index contributed by atoms with van der Waals surface area (Å²) < 4.78 is 7.78. The predicted molar refractivity (Wildman–Crippen MR) is 105 cm³/mol. The van der Waals surface area contributed by atoms with Crippen LogP contribution < -0.4 is 5.32 Å². The molecule has 0 bridgehead atoms. The van der Waals surface area contributed by atoms with E-state index in [1.807, 2.05) is 61.0 Å². The van der Waals surface area contributed by atoms with Gasteiger partial charge in [-0.25, -0.2) is 0 Å². The molecule has 4 rings (SSSR count). The van der Waals surface area contributed by atoms with Gasteiger partial charge in [0, 0.05) is 10.7 Å². The van der Waals surface area contributed by atoms with E-state index in [4.69, 9.17) is 16.3 Å². The van der Waals surface area contributed by atoms with Crippen LogP contribution in [-0.2, 0) is 17.9 Å². The highest BCUT2D eigenvalue weighted by molar-refractivity contribution is 6.30. The number of hydrogen-bond acceptors (Lipinski definition) is 3. The number of amides is 1. The largest absolute Gasteiger partial charge is 0.365 e. The first-order valence-electron chi connectivity index (χ1n) is 8.82. The van der Waals surface area contributed by atoms with Crippen molar-refractivity contribution >= 4 is 23.2 Å². The first kappa shape index (κ1) is 17.8. The van der Waals surface area contributed by atoms with E-state index in [0.29, 0.717) is 23.9 Å². The number of aromatic nitrogens is 2. The number of halogens is 1. The van der Waals surface area contributed by atoms with Gasteiger partial charge in [0.05, 0.1) is 18.8 Å². The van der Waals surface area contributed by atoms with E-state index in [0.717, 1.165) is 22.5 Å². The second kappa shape index (κ2) is 7.18. The Morgan fingerprint density at radius 1 is 1.15 bits per heavy atom. The van der Waals surface area contributed by atoms with Crippen molar-refractivity contribution in [3.63, 3.8) is 0 Å². The van der Waals surface area contributed by atoms with Crippen molar-refractivity contribution in [3.05, 3.63) is 81.6 Å². The van der Waals surface area contributed by atoms with Gasteiger partial charge in [-0.3, -0.25) is 9.48 Å². The molecule has 27 heavy (non-hydrogen) atoms. The molecular weight excluding hydrogens is 362 g/mol. The number of nitrogens with zero attached hydrogens (tertiary/aromatic N) is 2. The maximum Gasteiger partial charge on any atom is 0.276 e. The molecule has 1 atom stereocenters. The molecule has 6 heteroatoms. The highest BCUT2D eigenvalue weighted by Crippen LogP contribution is 2.27. The van der Waals surface area contributed by atoms with Crippen LogP contribution in [0.5, 0.6) is 0 Å². The van der Waals surface area contributed by atoms with Crippen molar-refractivity contribution in [2.24, 2.45) is 0 Å². The van der Waals surface area contributed by atoms with Crippen molar-refractivity contribution in [1.29, 1.82) is 0 Å². The standard InChI is InChI=1S/C21H20ClN3O2/c1-13-3-8-17(9-14(13)2)23-21(26)19-10-18-12-27-20(11-25(18)24-19)15-4-6-16(22)7-5-15/h3-10,20H,11-12H2,1-2H3,(H,23,26). The predicted octanol–water partition coefficient (Wildman–Crippen LogP) is 4.68. The summed E-state index contributed by atoms with van der Waals surface area (Å²) >= 11 is 5.95. The molecule has 1 aromatic heterocycles. The molecule has 0 saturated heterocycles. The van der Waals surface area contributed by atoms with Gasteiger partial charge >= 0.3 is 0 Å². The number of aryl methyl sites for hydroxylation is 2. The molecule has 0 aliphatic carbocycles. The van der Waals surface area contributed by atoms with Gasteiger partial charge in [-0.15, -0.1) is 0 Å². The third-order valence-electron chi connectivity index (χ3n) is 4.87. The van der Waals surface area contributed by atoms with Gasteiger partial charge in [0.2, 0.25) is 0 Å². The van der Waals surface area contributed by atoms with Crippen LogP contribution in [0.25, 0.3) is 0 Å². The highest BCUT2D eigenvalue weighted by Gasteiger charge is 2.24. The number of carbonyl (C=O) groups excluding carboxylic acids is 1. The van der Waals surface area contributed by atoms with Crippen molar-refractivity contribution in [3.8, 4) is 0 Å². The fourth-order valence-corrected chi connectivity index (χ4v) is 3.26. The monoisotopic (exact) mass is 381 g/mol. The minimum Gasteiger partial charge on any atom is -0.365 e. The van der Waals surface area contributed by atoms with Crippen LogP contribution in [0.1, 0.15) is 39.0 Å². The molecule has 1 N–H and O–H groups in total. The van der Waals surface area contributed by atoms with Gasteiger partial charge in [0.25, 0.3) is 5.91 Å². The molecule has 1 amide bonds. The maximum atomic E-state index is 12.6. The Morgan fingerprint density at radius 2 is 1.93 bits per heavy atom. The molecule has 138 valence electrons. The number of fused-ring (bicyclic) bond motifs is 1. The average molecular weight is 382 g/mol. The molecule has 0 fully saturated rings. The lowest BCUT2D eigenvalue weighted by molar-refractivity contribution is -0.00118. The average Bonchev–Trinajstić information content (AvgIpc) is 3.09. The lowest BCUT2D eigenvalue weighted by Crippen LogP contribution is -2.22. The Morgan fingerprint density at radius 3 is 2.67 bits per heavy atom. The summed E-state index contributed by atoms with van der Waals surface area (Å²) in [5.74, 6) is -0.219. The zero-order valence-electron chi connectivity index (χ0n) is 15.2. The van der Waals surface area contributed by atoms with E-state index in [-0.39, 0.29) is 12.0 Å². The van der Waals surface area contributed by atoms with E-state index in [1.54, 1.807) is 6.07 Å². The highest BCUT2D eigenvalue weighted by atomic mass is 35.5. The third-order valence-corrected chi connectivity index (χ3v) is 5.13. The maximum absolute atomic E-state index is 12.6. The Bertz CT molecular complexity index is 995. The normalized spacial score (nSPS) is 16.0. The van der Waals surface area contributed by atoms with E-state index in [1.165, 1.54) is 5.56 Å². The zero-order valence-corrected chi connectivity index (χ0v) is 16.0. The second-order valence-corrected chi connectivity index (χ2v) is 7.24. The van der Waals surface area contributed by atoms with E-state index in [9.17, 15) is 4.79 Å². The van der Waals surface area contributed by atoms with E-state index < -0.39 is 0 Å². The van der Waals surface area contributed by atoms with Crippen molar-refractivity contribution in [2.75, 3.05) is 5.32 Å². The molecule has 1 aliphatic heterocycles. The minimum atomic E-state index is -0.219. The van der Waals surface area contributed by atoms with Crippen molar-refractivity contribution < 1.29 is 9.53 Å². The molecule has 0 radical (unpaired) electrons. The fourth-order valence-electron chi connectivity index (χ4n) is 3.13. The summed E-state index contributed by atoms with van der Waals surface area (Å²) in [6, 6.07) is 15.2. The molecule has 3 aromatic rings. The number of hydrogen-bond donors (Lipinski definition) is 1. The summed E-state index contributed by atoms with van der Waals surface area (Å²) in [6.07, 6.45) is -0.106. The van der Waals surface area contributed by atoms with Gasteiger partial charge in [-0.1, -0.05) is 29.8 Å². The Labute approximate surface area is 162 Å².